The topological polar surface area (TPSA) is 29.0 Å². The van der Waals surface area contributed by atoms with Crippen LogP contribution in [-0.4, -0.2) is 23.3 Å². The van der Waals surface area contributed by atoms with E-state index in [0.29, 0.717) is 0 Å². The monoisotopic (exact) mass is 411 g/mol. The SMILES string of the molecule is c1ccc2c(CSc3ccc(-c4ccc(N5CCCCC5)cc4)nn3)cccc2c1. The number of fused-ring (bicyclic) bond motifs is 1. The standard InChI is InChI=1S/C26H25N3S/c1-4-17-29(18-5-1)23-13-11-21(12-14-23)25-15-16-26(28-27-25)30-19-22-9-6-8-20-7-2-3-10-24(20)22/h2-3,6-16H,1,4-5,17-19H2. The predicted octanol–water partition coefficient (Wildman–Crippen LogP) is 6.58. The first-order chi connectivity index (χ1) is 14.9. The summed E-state index contributed by atoms with van der Waals surface area (Å²) in [5.74, 6) is 0.889. The number of anilines is 1. The van der Waals surface area contributed by atoms with Gasteiger partial charge in [-0.25, -0.2) is 0 Å². The molecule has 5 rings (SSSR count). The van der Waals surface area contributed by atoms with Gasteiger partial charge in [-0.3, -0.25) is 0 Å². The summed E-state index contributed by atoms with van der Waals surface area (Å²) in [5.41, 5.74) is 4.69. The van der Waals surface area contributed by atoms with Crippen molar-refractivity contribution in [1.29, 1.82) is 0 Å². The second kappa shape index (κ2) is 8.88. The van der Waals surface area contributed by atoms with Gasteiger partial charge in [-0.2, -0.15) is 0 Å². The Hall–Kier alpha value is -2.85. The maximum absolute atomic E-state index is 4.48. The lowest BCUT2D eigenvalue weighted by molar-refractivity contribution is 0.578. The molecule has 3 aromatic carbocycles. The number of rotatable bonds is 5. The summed E-state index contributed by atoms with van der Waals surface area (Å²) in [6.45, 7) is 2.34. The highest BCUT2D eigenvalue weighted by atomic mass is 32.2. The molecular weight excluding hydrogens is 386 g/mol. The molecule has 2 heterocycles. The van der Waals surface area contributed by atoms with E-state index in [9.17, 15) is 0 Å². The molecule has 1 fully saturated rings. The van der Waals surface area contributed by atoms with Crippen LogP contribution in [0.4, 0.5) is 5.69 Å². The fourth-order valence-corrected chi connectivity index (χ4v) is 4.93. The van der Waals surface area contributed by atoms with Crippen LogP contribution in [0.2, 0.25) is 0 Å². The lowest BCUT2D eigenvalue weighted by atomic mass is 10.1. The van der Waals surface area contributed by atoms with Crippen molar-refractivity contribution in [1.82, 2.24) is 10.2 Å². The molecule has 1 aliphatic heterocycles. The van der Waals surface area contributed by atoms with Crippen LogP contribution in [0.5, 0.6) is 0 Å². The Morgan fingerprint density at radius 3 is 2.33 bits per heavy atom. The van der Waals surface area contributed by atoms with Crippen LogP contribution in [0.1, 0.15) is 24.8 Å². The van der Waals surface area contributed by atoms with Crippen molar-refractivity contribution < 1.29 is 0 Å². The zero-order valence-electron chi connectivity index (χ0n) is 17.0. The summed E-state index contributed by atoms with van der Waals surface area (Å²) < 4.78 is 0. The molecule has 0 spiro atoms. The van der Waals surface area contributed by atoms with Crippen LogP contribution in [0.15, 0.2) is 83.9 Å². The van der Waals surface area contributed by atoms with Crippen LogP contribution in [0.3, 0.4) is 0 Å². The first-order valence-electron chi connectivity index (χ1n) is 10.7. The van der Waals surface area contributed by atoms with Crippen LogP contribution in [-0.2, 0) is 5.75 Å². The maximum Gasteiger partial charge on any atom is 0.119 e. The highest BCUT2D eigenvalue weighted by Gasteiger charge is 2.11. The van der Waals surface area contributed by atoms with Crippen molar-refractivity contribution in [2.45, 2.75) is 30.0 Å². The largest absolute Gasteiger partial charge is 0.372 e. The summed E-state index contributed by atoms with van der Waals surface area (Å²) in [6, 6.07) is 27.9. The molecule has 3 nitrogen and oxygen atoms in total. The van der Waals surface area contributed by atoms with Crippen molar-refractivity contribution in [3.63, 3.8) is 0 Å². The van der Waals surface area contributed by atoms with Crippen molar-refractivity contribution >= 4 is 28.2 Å². The average molecular weight is 412 g/mol. The summed E-state index contributed by atoms with van der Waals surface area (Å²) in [4.78, 5) is 2.48. The Morgan fingerprint density at radius 2 is 1.53 bits per heavy atom. The number of benzene rings is 3. The number of hydrogen-bond acceptors (Lipinski definition) is 4. The molecule has 0 radical (unpaired) electrons. The Balaban J connectivity index is 1.26. The molecule has 0 aliphatic carbocycles. The fourth-order valence-electron chi connectivity index (χ4n) is 4.12. The Morgan fingerprint density at radius 1 is 0.733 bits per heavy atom. The molecule has 1 aromatic heterocycles. The highest BCUT2D eigenvalue weighted by Crippen LogP contribution is 2.28. The third-order valence-corrected chi connectivity index (χ3v) is 6.75. The summed E-state index contributed by atoms with van der Waals surface area (Å²) >= 11 is 1.73. The Kier molecular flexibility index (Phi) is 5.67. The van der Waals surface area contributed by atoms with Crippen molar-refractivity contribution in [3.8, 4) is 11.3 Å². The van der Waals surface area contributed by atoms with Gasteiger partial charge in [0, 0.05) is 30.1 Å². The molecule has 0 unspecified atom stereocenters. The molecule has 150 valence electrons. The average Bonchev–Trinajstić information content (AvgIpc) is 2.84. The minimum Gasteiger partial charge on any atom is -0.372 e. The van der Waals surface area contributed by atoms with Gasteiger partial charge in [0.25, 0.3) is 0 Å². The number of nitrogens with zero attached hydrogens (tertiary/aromatic N) is 3. The van der Waals surface area contributed by atoms with E-state index >= 15 is 0 Å². The number of hydrogen-bond donors (Lipinski definition) is 0. The Labute approximate surface area is 182 Å². The van der Waals surface area contributed by atoms with Gasteiger partial charge >= 0.3 is 0 Å². The van der Waals surface area contributed by atoms with E-state index in [4.69, 9.17) is 0 Å². The van der Waals surface area contributed by atoms with Crippen molar-refractivity contribution in [2.24, 2.45) is 0 Å². The zero-order valence-corrected chi connectivity index (χ0v) is 17.8. The molecule has 4 heteroatoms. The molecule has 0 atom stereocenters. The van der Waals surface area contributed by atoms with E-state index < -0.39 is 0 Å². The molecule has 1 aliphatic rings. The summed E-state index contributed by atoms with van der Waals surface area (Å²) in [7, 11) is 0. The van der Waals surface area contributed by atoms with Gasteiger partial charge in [0.2, 0.25) is 0 Å². The molecule has 0 bridgehead atoms. The number of piperidine rings is 1. The lowest BCUT2D eigenvalue weighted by Crippen LogP contribution is -2.29. The van der Waals surface area contributed by atoms with E-state index in [2.05, 4.69) is 94.0 Å². The first kappa shape index (κ1) is 19.1. The van der Waals surface area contributed by atoms with E-state index in [-0.39, 0.29) is 0 Å². The van der Waals surface area contributed by atoms with Gasteiger partial charge in [0.1, 0.15) is 5.03 Å². The van der Waals surface area contributed by atoms with Crippen LogP contribution in [0, 0.1) is 0 Å². The minimum atomic E-state index is 0.889. The molecule has 1 saturated heterocycles. The second-order valence-corrected chi connectivity index (χ2v) is 8.77. The second-order valence-electron chi connectivity index (χ2n) is 7.78. The summed E-state index contributed by atoms with van der Waals surface area (Å²) in [6.07, 6.45) is 3.95. The number of thioether (sulfide) groups is 1. The van der Waals surface area contributed by atoms with Gasteiger partial charge in [-0.15, -0.1) is 10.2 Å². The quantitative estimate of drug-likeness (QED) is 0.347. The molecule has 4 aromatic rings. The lowest BCUT2D eigenvalue weighted by Gasteiger charge is -2.28. The van der Waals surface area contributed by atoms with Crippen LogP contribution in [0.25, 0.3) is 22.0 Å². The van der Waals surface area contributed by atoms with E-state index in [1.54, 1.807) is 11.8 Å². The van der Waals surface area contributed by atoms with Crippen molar-refractivity contribution in [3.05, 3.63) is 84.4 Å². The van der Waals surface area contributed by atoms with Gasteiger partial charge in [-0.05, 0) is 59.9 Å². The van der Waals surface area contributed by atoms with Crippen LogP contribution < -0.4 is 4.90 Å². The molecule has 0 saturated carbocycles. The van der Waals surface area contributed by atoms with Crippen LogP contribution >= 0.6 is 11.8 Å². The number of aromatic nitrogens is 2. The summed E-state index contributed by atoms with van der Waals surface area (Å²) in [5, 5.41) is 12.5. The minimum absolute atomic E-state index is 0.889. The molecular formula is C26H25N3S. The zero-order chi connectivity index (χ0) is 20.2. The third kappa shape index (κ3) is 4.19. The van der Waals surface area contributed by atoms with E-state index in [1.807, 2.05) is 0 Å². The first-order valence-corrected chi connectivity index (χ1v) is 11.6. The van der Waals surface area contributed by atoms with Gasteiger partial charge < -0.3 is 4.90 Å². The highest BCUT2D eigenvalue weighted by molar-refractivity contribution is 7.98. The fraction of sp³-hybridized carbons (Fsp3) is 0.231. The van der Waals surface area contributed by atoms with Crippen molar-refractivity contribution in [2.75, 3.05) is 18.0 Å². The molecule has 0 N–H and O–H groups in total. The molecule has 30 heavy (non-hydrogen) atoms. The van der Waals surface area contributed by atoms with E-state index in [1.165, 1.54) is 54.4 Å². The Bertz CT molecular complexity index is 1110. The van der Waals surface area contributed by atoms with E-state index in [0.717, 1.165) is 22.0 Å². The van der Waals surface area contributed by atoms with Gasteiger partial charge in [0.15, 0.2) is 0 Å². The normalized spacial score (nSPS) is 14.2. The molecule has 0 amide bonds. The van der Waals surface area contributed by atoms with Gasteiger partial charge in [0.05, 0.1) is 5.69 Å². The third-order valence-electron chi connectivity index (χ3n) is 5.78. The predicted molar refractivity (Wildman–Crippen MR) is 127 cm³/mol. The van der Waals surface area contributed by atoms with Gasteiger partial charge in [-0.1, -0.05) is 66.4 Å². The smallest absolute Gasteiger partial charge is 0.119 e. The maximum atomic E-state index is 4.48.